The highest BCUT2D eigenvalue weighted by molar-refractivity contribution is 8.20. The maximum absolute atomic E-state index is 10.9. The minimum absolute atomic E-state index is 0.00843. The molecule has 0 amide bonds. The van der Waals surface area contributed by atoms with Gasteiger partial charge in [-0.1, -0.05) is 32.9 Å². The first-order valence-corrected chi connectivity index (χ1v) is 11.6. The summed E-state index contributed by atoms with van der Waals surface area (Å²) in [5.41, 5.74) is -0.339. The number of benzene rings is 1. The molecular formula is C22H32N2O5S. The summed E-state index contributed by atoms with van der Waals surface area (Å²) in [6.45, 7) is 8.41. The van der Waals surface area contributed by atoms with Crippen LogP contribution in [-0.2, 0) is 9.08 Å². The van der Waals surface area contributed by atoms with Gasteiger partial charge in [0.25, 0.3) is 0 Å². The second kappa shape index (κ2) is 8.96. The summed E-state index contributed by atoms with van der Waals surface area (Å²) >= 11 is 0. The van der Waals surface area contributed by atoms with Gasteiger partial charge in [-0.3, -0.25) is 13.4 Å². The number of carbonyl (C=O) groups excluding carboxylic acids is 1. The van der Waals surface area contributed by atoms with Crippen LogP contribution in [0.15, 0.2) is 29.4 Å². The third kappa shape index (κ3) is 4.80. The van der Waals surface area contributed by atoms with Gasteiger partial charge in [0.05, 0.1) is 12.9 Å². The first-order chi connectivity index (χ1) is 13.9. The molecule has 1 aliphatic rings. The second-order valence-corrected chi connectivity index (χ2v) is 10.7. The Hall–Kier alpha value is -2.08. The zero-order valence-corrected chi connectivity index (χ0v) is 19.2. The first-order valence-electron chi connectivity index (χ1n) is 9.94. The van der Waals surface area contributed by atoms with Crippen LogP contribution in [0.25, 0.3) is 0 Å². The van der Waals surface area contributed by atoms with Gasteiger partial charge in [-0.25, -0.2) is 0 Å². The van der Waals surface area contributed by atoms with E-state index in [9.17, 15) is 19.2 Å². The minimum atomic E-state index is -3.52. The fourth-order valence-corrected chi connectivity index (χ4v) is 5.98. The molecule has 1 aromatic carbocycles. The molecule has 2 rings (SSSR count). The predicted molar refractivity (Wildman–Crippen MR) is 118 cm³/mol. The molecule has 0 spiro atoms. The van der Waals surface area contributed by atoms with Crippen LogP contribution in [0.5, 0.6) is 5.75 Å². The zero-order chi connectivity index (χ0) is 22.6. The summed E-state index contributed by atoms with van der Waals surface area (Å²) in [5, 5.41) is 13.1. The van der Waals surface area contributed by atoms with Crippen molar-refractivity contribution in [3.05, 3.63) is 29.8 Å². The SMILES string of the molecule is COc1ccc(/C(C#N)=N/OS(O)(O)CC2(C)CCC(C)(CCC=O)C2(C)C)cc1. The van der Waals surface area contributed by atoms with Gasteiger partial charge in [0.15, 0.2) is 16.6 Å². The maximum atomic E-state index is 10.9. The van der Waals surface area contributed by atoms with E-state index in [1.807, 2.05) is 13.0 Å². The number of oxime groups is 1. The Morgan fingerprint density at radius 2 is 1.80 bits per heavy atom. The number of hydrogen-bond acceptors (Lipinski definition) is 7. The molecule has 30 heavy (non-hydrogen) atoms. The summed E-state index contributed by atoms with van der Waals surface area (Å²) < 4.78 is 31.5. The molecule has 7 nitrogen and oxygen atoms in total. The summed E-state index contributed by atoms with van der Waals surface area (Å²) in [5.74, 6) is 0.643. The van der Waals surface area contributed by atoms with Crippen LogP contribution in [-0.4, -0.2) is 34.0 Å². The van der Waals surface area contributed by atoms with Crippen LogP contribution in [0.3, 0.4) is 0 Å². The molecule has 1 aromatic rings. The lowest BCUT2D eigenvalue weighted by Crippen LogP contribution is -2.43. The van der Waals surface area contributed by atoms with Crippen LogP contribution < -0.4 is 4.74 Å². The molecule has 0 aliphatic heterocycles. The molecule has 2 unspecified atom stereocenters. The molecule has 166 valence electrons. The first kappa shape index (κ1) is 24.2. The molecule has 1 fully saturated rings. The number of rotatable bonds is 9. The molecule has 2 atom stereocenters. The minimum Gasteiger partial charge on any atom is -0.497 e. The van der Waals surface area contributed by atoms with Crippen molar-refractivity contribution in [2.75, 3.05) is 12.9 Å². The van der Waals surface area contributed by atoms with Crippen molar-refractivity contribution in [3.8, 4) is 11.8 Å². The molecule has 0 aromatic heterocycles. The summed E-state index contributed by atoms with van der Waals surface area (Å²) in [6, 6.07) is 8.59. The van der Waals surface area contributed by atoms with Crippen LogP contribution >= 0.6 is 10.9 Å². The second-order valence-electron chi connectivity index (χ2n) is 9.06. The van der Waals surface area contributed by atoms with Gasteiger partial charge < -0.3 is 9.53 Å². The third-order valence-corrected chi connectivity index (χ3v) is 8.61. The van der Waals surface area contributed by atoms with Crippen LogP contribution in [0, 0.1) is 27.6 Å². The largest absolute Gasteiger partial charge is 0.497 e. The average Bonchev–Trinajstić information content (AvgIpc) is 2.87. The van der Waals surface area contributed by atoms with Crippen molar-refractivity contribution in [2.45, 2.75) is 53.4 Å². The van der Waals surface area contributed by atoms with Gasteiger partial charge >= 0.3 is 0 Å². The molecule has 0 bridgehead atoms. The number of nitrogens with zero attached hydrogens (tertiary/aromatic N) is 2. The fourth-order valence-electron chi connectivity index (χ4n) is 4.40. The lowest BCUT2D eigenvalue weighted by molar-refractivity contribution is -0.108. The Morgan fingerprint density at radius 1 is 1.20 bits per heavy atom. The number of ether oxygens (including phenoxy) is 1. The lowest BCUT2D eigenvalue weighted by atomic mass is 9.59. The summed E-state index contributed by atoms with van der Waals surface area (Å²) in [7, 11) is -1.98. The third-order valence-electron chi connectivity index (χ3n) is 7.28. The molecule has 8 heteroatoms. The van der Waals surface area contributed by atoms with E-state index in [-0.39, 0.29) is 22.3 Å². The van der Waals surface area contributed by atoms with E-state index in [0.29, 0.717) is 17.7 Å². The Morgan fingerprint density at radius 3 is 2.33 bits per heavy atom. The Kier molecular flexibility index (Phi) is 7.23. The number of carbonyl (C=O) groups is 1. The number of nitriles is 1. The Labute approximate surface area is 180 Å². The zero-order valence-electron chi connectivity index (χ0n) is 18.3. The number of aldehydes is 1. The quantitative estimate of drug-likeness (QED) is 0.304. The van der Waals surface area contributed by atoms with E-state index in [4.69, 9.17) is 9.02 Å². The molecular weight excluding hydrogens is 404 g/mol. The van der Waals surface area contributed by atoms with E-state index in [1.165, 1.54) is 0 Å². The van der Waals surface area contributed by atoms with Crippen LogP contribution in [0.2, 0.25) is 0 Å². The summed E-state index contributed by atoms with van der Waals surface area (Å²) in [4.78, 5) is 10.9. The molecule has 2 N–H and O–H groups in total. The smallest absolute Gasteiger partial charge is 0.188 e. The van der Waals surface area contributed by atoms with Gasteiger partial charge in [0.2, 0.25) is 0 Å². The highest BCUT2D eigenvalue weighted by Crippen LogP contribution is 2.67. The Balaban J connectivity index is 2.17. The predicted octanol–water partition coefficient (Wildman–Crippen LogP) is 5.42. The van der Waals surface area contributed by atoms with Gasteiger partial charge in [0, 0.05) is 12.0 Å². The van der Waals surface area contributed by atoms with Crippen molar-refractivity contribution in [1.82, 2.24) is 0 Å². The maximum Gasteiger partial charge on any atom is 0.188 e. The highest BCUT2D eigenvalue weighted by Gasteiger charge is 2.59. The van der Waals surface area contributed by atoms with Crippen LogP contribution in [0.4, 0.5) is 0 Å². The lowest BCUT2D eigenvalue weighted by Gasteiger charge is -2.49. The van der Waals surface area contributed by atoms with E-state index >= 15 is 0 Å². The van der Waals surface area contributed by atoms with E-state index in [2.05, 4.69) is 25.9 Å². The molecule has 0 saturated heterocycles. The van der Waals surface area contributed by atoms with E-state index in [1.54, 1.807) is 31.4 Å². The fraction of sp³-hybridized carbons (Fsp3) is 0.591. The molecule has 0 radical (unpaired) electrons. The molecule has 1 saturated carbocycles. The highest BCUT2D eigenvalue weighted by atomic mass is 32.3. The van der Waals surface area contributed by atoms with E-state index < -0.39 is 16.3 Å². The monoisotopic (exact) mass is 436 g/mol. The van der Waals surface area contributed by atoms with Crippen molar-refractivity contribution in [2.24, 2.45) is 21.4 Å². The van der Waals surface area contributed by atoms with Gasteiger partial charge in [-0.2, -0.15) is 5.26 Å². The Bertz CT molecular complexity index is 831. The van der Waals surface area contributed by atoms with Crippen molar-refractivity contribution in [3.63, 3.8) is 0 Å². The van der Waals surface area contributed by atoms with Crippen molar-refractivity contribution < 1.29 is 22.9 Å². The standard InChI is InChI=1S/C22H32N2O5S/c1-20(2)21(3,11-6-14-25)12-13-22(20,4)16-30(26,27)29-24-19(15-23)17-7-9-18(28-5)10-8-17/h7-10,14,26-27H,6,11-13,16H2,1-5H3/b24-19+. The molecule has 0 heterocycles. The number of methoxy groups -OCH3 is 1. The van der Waals surface area contributed by atoms with Crippen molar-refractivity contribution in [1.29, 1.82) is 5.26 Å². The van der Waals surface area contributed by atoms with Crippen LogP contribution in [0.1, 0.15) is 58.9 Å². The van der Waals surface area contributed by atoms with Crippen molar-refractivity contribution >= 4 is 22.9 Å². The van der Waals surface area contributed by atoms with E-state index in [0.717, 1.165) is 25.5 Å². The van der Waals surface area contributed by atoms with Gasteiger partial charge in [-0.05, 0) is 59.8 Å². The van der Waals surface area contributed by atoms with Gasteiger partial charge in [-0.15, -0.1) is 0 Å². The number of hydrogen-bond donors (Lipinski definition) is 2. The summed E-state index contributed by atoms with van der Waals surface area (Å²) in [6.07, 6.45) is 3.85. The molecule has 1 aliphatic carbocycles. The van der Waals surface area contributed by atoms with Gasteiger partial charge in [0.1, 0.15) is 18.1 Å². The normalized spacial score (nSPS) is 26.7. The topological polar surface area (TPSA) is 112 Å². The average molecular weight is 437 g/mol.